The summed E-state index contributed by atoms with van der Waals surface area (Å²) in [6.07, 6.45) is 2.63. The monoisotopic (exact) mass is 206 g/mol. The number of benzene rings is 1. The van der Waals surface area contributed by atoms with Crippen molar-refractivity contribution < 1.29 is 4.57 Å². The van der Waals surface area contributed by atoms with Crippen molar-refractivity contribution >= 4 is 7.14 Å². The third-order valence-electron chi connectivity index (χ3n) is 2.63. The van der Waals surface area contributed by atoms with Gasteiger partial charge in [0.25, 0.3) is 0 Å². The summed E-state index contributed by atoms with van der Waals surface area (Å²) in [6.45, 7) is 2.07. The highest BCUT2D eigenvalue weighted by Gasteiger charge is 2.24. The van der Waals surface area contributed by atoms with Crippen molar-refractivity contribution in [3.63, 3.8) is 0 Å². The van der Waals surface area contributed by atoms with Crippen LogP contribution >= 0.6 is 7.14 Å². The van der Waals surface area contributed by atoms with Gasteiger partial charge >= 0.3 is 0 Å². The lowest BCUT2D eigenvalue weighted by atomic mass is 10.2. The molecule has 1 atom stereocenters. The second-order valence-electron chi connectivity index (χ2n) is 4.05. The van der Waals surface area contributed by atoms with Crippen molar-refractivity contribution in [3.05, 3.63) is 47.3 Å². The molecule has 1 aliphatic rings. The average Bonchev–Trinajstić information content (AvgIpc) is 2.47. The third-order valence-corrected chi connectivity index (χ3v) is 5.43. The Morgan fingerprint density at radius 2 is 2.00 bits per heavy atom. The molecule has 74 valence electrons. The van der Waals surface area contributed by atoms with Crippen LogP contribution in [0, 0.1) is 0 Å². The van der Waals surface area contributed by atoms with Crippen LogP contribution in [0.5, 0.6) is 0 Å². The summed E-state index contributed by atoms with van der Waals surface area (Å²) in [5.41, 5.74) is 2.49. The SMILES string of the molecule is CC1=CP(=O)(Cc2ccccc2)CC1. The zero-order valence-electron chi connectivity index (χ0n) is 8.44. The van der Waals surface area contributed by atoms with Crippen LogP contribution in [0.2, 0.25) is 0 Å². The second kappa shape index (κ2) is 3.74. The van der Waals surface area contributed by atoms with Gasteiger partial charge in [-0.2, -0.15) is 0 Å². The molecule has 14 heavy (non-hydrogen) atoms. The largest absolute Gasteiger partial charge is 0.319 e. The number of allylic oxidation sites excluding steroid dienone is 1. The Morgan fingerprint density at radius 3 is 2.57 bits per heavy atom. The van der Waals surface area contributed by atoms with E-state index in [-0.39, 0.29) is 0 Å². The minimum absolute atomic E-state index is 0.741. The minimum Gasteiger partial charge on any atom is -0.319 e. The van der Waals surface area contributed by atoms with E-state index in [1.54, 1.807) is 0 Å². The Morgan fingerprint density at radius 1 is 1.29 bits per heavy atom. The van der Waals surface area contributed by atoms with Crippen molar-refractivity contribution in [3.8, 4) is 0 Å². The molecule has 1 aromatic rings. The molecule has 0 aromatic heterocycles. The van der Waals surface area contributed by atoms with E-state index >= 15 is 0 Å². The van der Waals surface area contributed by atoms with E-state index in [1.807, 2.05) is 24.0 Å². The van der Waals surface area contributed by atoms with E-state index in [1.165, 1.54) is 11.1 Å². The van der Waals surface area contributed by atoms with Gasteiger partial charge < -0.3 is 4.57 Å². The summed E-state index contributed by atoms with van der Waals surface area (Å²) in [4.78, 5) is 0. The zero-order valence-corrected chi connectivity index (χ0v) is 9.34. The van der Waals surface area contributed by atoms with Crippen molar-refractivity contribution in [2.75, 3.05) is 6.16 Å². The van der Waals surface area contributed by atoms with Gasteiger partial charge in [-0.05, 0) is 24.7 Å². The van der Waals surface area contributed by atoms with Gasteiger partial charge in [0.05, 0.1) is 0 Å². The second-order valence-corrected chi connectivity index (χ2v) is 6.97. The Labute approximate surface area is 85.2 Å². The summed E-state index contributed by atoms with van der Waals surface area (Å²) in [7, 11) is -2.01. The maximum Gasteiger partial charge on any atom is 0.113 e. The lowest BCUT2D eigenvalue weighted by molar-refractivity contribution is 0.581. The number of hydrogen-bond acceptors (Lipinski definition) is 1. The van der Waals surface area contributed by atoms with Crippen molar-refractivity contribution in [1.82, 2.24) is 0 Å². The molecule has 1 nitrogen and oxygen atoms in total. The molecule has 0 aliphatic carbocycles. The fraction of sp³-hybridized carbons (Fsp3) is 0.333. The molecule has 0 bridgehead atoms. The van der Waals surface area contributed by atoms with Crippen LogP contribution in [-0.4, -0.2) is 6.16 Å². The first-order chi connectivity index (χ1) is 6.68. The minimum atomic E-state index is -2.01. The fourth-order valence-electron chi connectivity index (χ4n) is 1.91. The average molecular weight is 206 g/mol. The number of hydrogen-bond donors (Lipinski definition) is 0. The third kappa shape index (κ3) is 2.16. The quantitative estimate of drug-likeness (QED) is 0.671. The van der Waals surface area contributed by atoms with Crippen LogP contribution in [0.15, 0.2) is 41.7 Å². The van der Waals surface area contributed by atoms with Gasteiger partial charge in [-0.1, -0.05) is 35.9 Å². The van der Waals surface area contributed by atoms with Gasteiger partial charge in [-0.25, -0.2) is 0 Å². The normalized spacial score (nSPS) is 26.2. The molecule has 2 heteroatoms. The van der Waals surface area contributed by atoms with Gasteiger partial charge in [0.1, 0.15) is 7.14 Å². The van der Waals surface area contributed by atoms with E-state index in [9.17, 15) is 4.57 Å². The molecule has 1 aliphatic heterocycles. The standard InChI is InChI=1S/C12H15OP/c1-11-7-8-14(13,9-11)10-12-5-3-2-4-6-12/h2-6,9H,7-8,10H2,1H3. The first-order valence-corrected chi connectivity index (χ1v) is 7.13. The highest BCUT2D eigenvalue weighted by Crippen LogP contribution is 2.56. The molecular formula is C12H15OP. The summed E-state index contributed by atoms with van der Waals surface area (Å²) in [5.74, 6) is 2.01. The molecule has 1 unspecified atom stereocenters. The molecule has 0 spiro atoms. The van der Waals surface area contributed by atoms with Gasteiger partial charge in [-0.3, -0.25) is 0 Å². The van der Waals surface area contributed by atoms with E-state index in [2.05, 4.69) is 19.1 Å². The molecule has 1 heterocycles. The molecular weight excluding hydrogens is 191 g/mol. The van der Waals surface area contributed by atoms with E-state index < -0.39 is 7.14 Å². The van der Waals surface area contributed by atoms with Crippen LogP contribution in [0.25, 0.3) is 0 Å². The van der Waals surface area contributed by atoms with Crippen LogP contribution in [-0.2, 0) is 10.7 Å². The molecule has 0 radical (unpaired) electrons. The van der Waals surface area contributed by atoms with E-state index in [4.69, 9.17) is 0 Å². The highest BCUT2D eigenvalue weighted by molar-refractivity contribution is 7.66. The summed E-state index contributed by atoms with van der Waals surface area (Å²) in [6, 6.07) is 10.1. The van der Waals surface area contributed by atoms with Crippen LogP contribution < -0.4 is 0 Å². The number of rotatable bonds is 2. The van der Waals surface area contributed by atoms with E-state index in [0.717, 1.165) is 18.7 Å². The predicted molar refractivity (Wildman–Crippen MR) is 61.0 cm³/mol. The van der Waals surface area contributed by atoms with Gasteiger partial charge in [0.2, 0.25) is 0 Å². The van der Waals surface area contributed by atoms with Crippen molar-refractivity contribution in [2.24, 2.45) is 0 Å². The van der Waals surface area contributed by atoms with Crippen LogP contribution in [0.4, 0.5) is 0 Å². The zero-order chi connectivity index (χ0) is 10.0. The maximum atomic E-state index is 12.3. The van der Waals surface area contributed by atoms with Gasteiger partial charge in [0, 0.05) is 12.3 Å². The predicted octanol–water partition coefficient (Wildman–Crippen LogP) is 3.86. The van der Waals surface area contributed by atoms with Crippen molar-refractivity contribution in [1.29, 1.82) is 0 Å². The summed E-state index contributed by atoms with van der Waals surface area (Å²) in [5, 5.41) is 0. The summed E-state index contributed by atoms with van der Waals surface area (Å²) >= 11 is 0. The molecule has 0 fully saturated rings. The first-order valence-electron chi connectivity index (χ1n) is 4.98. The molecule has 0 saturated heterocycles. The smallest absolute Gasteiger partial charge is 0.113 e. The molecule has 2 rings (SSSR count). The van der Waals surface area contributed by atoms with Crippen LogP contribution in [0.3, 0.4) is 0 Å². The molecule has 0 saturated carbocycles. The Kier molecular flexibility index (Phi) is 2.60. The molecule has 0 N–H and O–H groups in total. The van der Waals surface area contributed by atoms with Gasteiger partial charge in [0.15, 0.2) is 0 Å². The Hall–Kier alpha value is -0.810. The van der Waals surface area contributed by atoms with Crippen molar-refractivity contribution in [2.45, 2.75) is 19.5 Å². The Bertz CT molecular complexity index is 392. The lowest BCUT2D eigenvalue weighted by Crippen LogP contribution is -1.86. The Balaban J connectivity index is 2.16. The van der Waals surface area contributed by atoms with Crippen LogP contribution in [0.1, 0.15) is 18.9 Å². The molecule has 1 aromatic carbocycles. The summed E-state index contributed by atoms with van der Waals surface area (Å²) < 4.78 is 12.3. The highest BCUT2D eigenvalue weighted by atomic mass is 31.2. The van der Waals surface area contributed by atoms with Gasteiger partial charge in [-0.15, -0.1) is 0 Å². The first kappa shape index (κ1) is 9.73. The maximum absolute atomic E-state index is 12.3. The van der Waals surface area contributed by atoms with E-state index in [0.29, 0.717) is 0 Å². The lowest BCUT2D eigenvalue weighted by Gasteiger charge is -2.08. The topological polar surface area (TPSA) is 17.1 Å². The molecule has 0 amide bonds. The fourth-order valence-corrected chi connectivity index (χ4v) is 4.78.